The van der Waals surface area contributed by atoms with Crippen LogP contribution in [0.25, 0.3) is 16.8 Å². The molecule has 1 N–H and O–H groups in total. The lowest BCUT2D eigenvalue weighted by Gasteiger charge is -2.22. The Kier molecular flexibility index (Phi) is 6.43. The number of nitrogens with zero attached hydrogens (tertiary/aromatic N) is 5. The number of aromatic amines is 1. The van der Waals surface area contributed by atoms with E-state index in [1.54, 1.807) is 6.20 Å². The summed E-state index contributed by atoms with van der Waals surface area (Å²) in [6.45, 7) is 8.82. The smallest absolute Gasteiger partial charge is 0.179 e. The van der Waals surface area contributed by atoms with Crippen molar-refractivity contribution < 1.29 is 9.53 Å². The number of fused-ring (bicyclic) bond motifs is 3. The molecule has 0 radical (unpaired) electrons. The SMILES string of the molecule is CC[C@@H]1C[C@@H](CC(C=O)OCN(CC)CC)C[C@H]1c1nnc2cnc3[nH]ccc3n12. The number of aldehydes is 1. The highest BCUT2D eigenvalue weighted by molar-refractivity contribution is 5.74. The second kappa shape index (κ2) is 9.22. The number of H-pyrrole nitrogens is 1. The Labute approximate surface area is 177 Å². The first kappa shape index (κ1) is 20.9. The summed E-state index contributed by atoms with van der Waals surface area (Å²) in [6.07, 6.45) is 8.26. The van der Waals surface area contributed by atoms with Crippen LogP contribution in [0.1, 0.15) is 58.2 Å². The molecule has 30 heavy (non-hydrogen) atoms. The standard InChI is InChI=1S/C22H32N6O2/c1-4-16-9-15(10-17(13-29)30-14-27(5-2)6-3)11-18(16)22-26-25-20-12-24-21-19(28(20)22)7-8-23-21/h7-8,12-13,15-18,23H,4-6,9-11,14H2,1-3H3/t15-,16+,17?,18+/m0/s1. The lowest BCUT2D eigenvalue weighted by molar-refractivity contribution is -0.122. The van der Waals surface area contributed by atoms with Gasteiger partial charge in [-0.1, -0.05) is 27.2 Å². The second-order valence-electron chi connectivity index (χ2n) is 8.34. The van der Waals surface area contributed by atoms with Gasteiger partial charge in [-0.25, -0.2) is 4.98 Å². The van der Waals surface area contributed by atoms with Gasteiger partial charge in [0.25, 0.3) is 0 Å². The molecule has 4 rings (SSSR count). The highest BCUT2D eigenvalue weighted by Crippen LogP contribution is 2.46. The van der Waals surface area contributed by atoms with E-state index in [0.29, 0.717) is 24.5 Å². The minimum Gasteiger partial charge on any atom is -0.355 e. The van der Waals surface area contributed by atoms with Crippen molar-refractivity contribution in [3.05, 3.63) is 24.3 Å². The third-order valence-electron chi connectivity index (χ3n) is 6.70. The van der Waals surface area contributed by atoms with Gasteiger partial charge in [0.15, 0.2) is 11.3 Å². The molecular weight excluding hydrogens is 380 g/mol. The summed E-state index contributed by atoms with van der Waals surface area (Å²) in [6, 6.07) is 2.03. The van der Waals surface area contributed by atoms with E-state index in [9.17, 15) is 4.79 Å². The van der Waals surface area contributed by atoms with Crippen LogP contribution in [0.3, 0.4) is 0 Å². The predicted molar refractivity (Wildman–Crippen MR) is 115 cm³/mol. The van der Waals surface area contributed by atoms with Crippen molar-refractivity contribution in [3.63, 3.8) is 0 Å². The Bertz CT molecular complexity index is 978. The molecule has 162 valence electrons. The molecule has 3 aromatic rings. The van der Waals surface area contributed by atoms with E-state index in [1.165, 1.54) is 0 Å². The highest BCUT2D eigenvalue weighted by atomic mass is 16.5. The van der Waals surface area contributed by atoms with Crippen LogP contribution in [-0.2, 0) is 9.53 Å². The highest BCUT2D eigenvalue weighted by Gasteiger charge is 2.38. The van der Waals surface area contributed by atoms with Gasteiger partial charge < -0.3 is 14.5 Å². The predicted octanol–water partition coefficient (Wildman–Crippen LogP) is 3.40. The number of hydrogen-bond acceptors (Lipinski definition) is 6. The molecular formula is C22H32N6O2. The molecule has 1 fully saturated rings. The quantitative estimate of drug-likeness (QED) is 0.406. The van der Waals surface area contributed by atoms with Crippen molar-refractivity contribution in [1.82, 2.24) is 29.5 Å². The van der Waals surface area contributed by atoms with Crippen molar-refractivity contribution in [2.24, 2.45) is 11.8 Å². The van der Waals surface area contributed by atoms with E-state index in [1.807, 2.05) is 12.3 Å². The van der Waals surface area contributed by atoms with E-state index < -0.39 is 0 Å². The van der Waals surface area contributed by atoms with E-state index in [0.717, 1.165) is 67.7 Å². The minimum absolute atomic E-state index is 0.325. The van der Waals surface area contributed by atoms with Crippen molar-refractivity contribution in [3.8, 4) is 0 Å². The molecule has 1 saturated carbocycles. The van der Waals surface area contributed by atoms with Crippen LogP contribution < -0.4 is 0 Å². The molecule has 0 aliphatic heterocycles. The summed E-state index contributed by atoms with van der Waals surface area (Å²) in [5.74, 6) is 2.31. The lowest BCUT2D eigenvalue weighted by atomic mass is 9.93. The molecule has 1 aliphatic rings. The maximum absolute atomic E-state index is 11.7. The zero-order chi connectivity index (χ0) is 21.1. The van der Waals surface area contributed by atoms with Crippen molar-refractivity contribution >= 4 is 23.1 Å². The van der Waals surface area contributed by atoms with E-state index >= 15 is 0 Å². The third-order valence-corrected chi connectivity index (χ3v) is 6.70. The molecule has 8 nitrogen and oxygen atoms in total. The average Bonchev–Trinajstić information content (AvgIpc) is 3.49. The van der Waals surface area contributed by atoms with Gasteiger partial charge in [-0.15, -0.1) is 10.2 Å². The van der Waals surface area contributed by atoms with Gasteiger partial charge in [-0.05, 0) is 50.3 Å². The summed E-state index contributed by atoms with van der Waals surface area (Å²) in [7, 11) is 0. The van der Waals surface area contributed by atoms with Gasteiger partial charge in [0.2, 0.25) is 0 Å². The van der Waals surface area contributed by atoms with Crippen LogP contribution in [0, 0.1) is 11.8 Å². The van der Waals surface area contributed by atoms with Crippen molar-refractivity contribution in [1.29, 1.82) is 0 Å². The molecule has 1 aliphatic carbocycles. The van der Waals surface area contributed by atoms with Gasteiger partial charge >= 0.3 is 0 Å². The average molecular weight is 413 g/mol. The van der Waals surface area contributed by atoms with E-state index in [4.69, 9.17) is 4.74 Å². The summed E-state index contributed by atoms with van der Waals surface area (Å²) in [5, 5.41) is 8.95. The van der Waals surface area contributed by atoms with Gasteiger partial charge in [0.05, 0.1) is 18.4 Å². The Morgan fingerprint density at radius 1 is 1.30 bits per heavy atom. The van der Waals surface area contributed by atoms with Gasteiger partial charge in [0.1, 0.15) is 18.2 Å². The number of hydrogen-bond donors (Lipinski definition) is 1. The van der Waals surface area contributed by atoms with Crippen molar-refractivity contribution in [2.45, 2.75) is 58.5 Å². The second-order valence-corrected chi connectivity index (χ2v) is 8.34. The Morgan fingerprint density at radius 3 is 2.87 bits per heavy atom. The molecule has 1 unspecified atom stereocenters. The van der Waals surface area contributed by atoms with Gasteiger partial charge in [0, 0.05) is 12.1 Å². The number of ether oxygens (including phenoxy) is 1. The fourth-order valence-electron chi connectivity index (χ4n) is 4.94. The Hall–Kier alpha value is -2.32. The fraction of sp³-hybridized carbons (Fsp3) is 0.636. The van der Waals surface area contributed by atoms with Crippen LogP contribution in [0.4, 0.5) is 0 Å². The summed E-state index contributed by atoms with van der Waals surface area (Å²) in [5.41, 5.74) is 2.64. The molecule has 3 aromatic heterocycles. The van der Waals surface area contributed by atoms with Gasteiger partial charge in [-0.2, -0.15) is 0 Å². The zero-order valence-corrected chi connectivity index (χ0v) is 18.1. The van der Waals surface area contributed by atoms with Crippen LogP contribution in [0.15, 0.2) is 18.5 Å². The normalized spacial score (nSPS) is 23.0. The molecule has 0 bridgehead atoms. The molecule has 0 saturated heterocycles. The fourth-order valence-corrected chi connectivity index (χ4v) is 4.94. The zero-order valence-electron chi connectivity index (χ0n) is 18.1. The molecule has 0 aromatic carbocycles. The first-order valence-electron chi connectivity index (χ1n) is 11.1. The minimum atomic E-state index is -0.345. The monoisotopic (exact) mass is 412 g/mol. The first-order valence-corrected chi connectivity index (χ1v) is 11.1. The molecule has 4 atom stereocenters. The van der Waals surface area contributed by atoms with Crippen LogP contribution in [-0.4, -0.2) is 61.7 Å². The molecule has 8 heteroatoms. The largest absolute Gasteiger partial charge is 0.355 e. The maximum atomic E-state index is 11.7. The van der Waals surface area contributed by atoms with Gasteiger partial charge in [-0.3, -0.25) is 9.30 Å². The topological polar surface area (TPSA) is 88.4 Å². The van der Waals surface area contributed by atoms with E-state index in [-0.39, 0.29) is 6.10 Å². The van der Waals surface area contributed by atoms with Crippen LogP contribution in [0.5, 0.6) is 0 Å². The van der Waals surface area contributed by atoms with Crippen molar-refractivity contribution in [2.75, 3.05) is 19.8 Å². The number of carbonyl (C=O) groups excluding carboxylic acids is 1. The number of aromatic nitrogens is 5. The first-order chi connectivity index (χ1) is 14.7. The molecule has 3 heterocycles. The Morgan fingerprint density at radius 2 is 2.13 bits per heavy atom. The lowest BCUT2D eigenvalue weighted by Crippen LogP contribution is -2.30. The third kappa shape index (κ3) is 3.98. The number of rotatable bonds is 10. The number of nitrogens with one attached hydrogen (secondary N) is 1. The van der Waals surface area contributed by atoms with Crippen LogP contribution >= 0.6 is 0 Å². The number of carbonyl (C=O) groups is 1. The Balaban J connectivity index is 1.51. The van der Waals surface area contributed by atoms with E-state index in [2.05, 4.69) is 50.2 Å². The summed E-state index contributed by atoms with van der Waals surface area (Å²) < 4.78 is 8.06. The molecule has 0 amide bonds. The molecule has 0 spiro atoms. The summed E-state index contributed by atoms with van der Waals surface area (Å²) in [4.78, 5) is 21.4. The summed E-state index contributed by atoms with van der Waals surface area (Å²) >= 11 is 0. The maximum Gasteiger partial charge on any atom is 0.179 e. The van der Waals surface area contributed by atoms with Crippen LogP contribution in [0.2, 0.25) is 0 Å².